The summed E-state index contributed by atoms with van der Waals surface area (Å²) in [6.45, 7) is 4.42. The monoisotopic (exact) mass is 365 g/mol. The van der Waals surface area contributed by atoms with Crippen LogP contribution < -0.4 is 5.32 Å². The Morgan fingerprint density at radius 1 is 1.32 bits per heavy atom. The molecule has 0 radical (unpaired) electrons. The van der Waals surface area contributed by atoms with Crippen molar-refractivity contribution in [3.05, 3.63) is 46.6 Å². The zero-order valence-electron chi connectivity index (χ0n) is 12.7. The van der Waals surface area contributed by atoms with Gasteiger partial charge in [-0.2, -0.15) is 0 Å². The molecule has 0 spiro atoms. The van der Waals surface area contributed by atoms with Crippen LogP contribution in [0.5, 0.6) is 0 Å². The summed E-state index contributed by atoms with van der Waals surface area (Å²) >= 11 is 3.44. The van der Waals surface area contributed by atoms with Crippen molar-refractivity contribution in [3.63, 3.8) is 0 Å². The molecule has 0 saturated heterocycles. The second-order valence-electron chi connectivity index (χ2n) is 5.68. The smallest absolute Gasteiger partial charge is 0.320 e. The Morgan fingerprint density at radius 3 is 2.73 bits per heavy atom. The largest absolute Gasteiger partial charge is 0.480 e. The molecule has 118 valence electrons. The number of nitrogens with one attached hydrogen (secondary N) is 1. The van der Waals surface area contributed by atoms with E-state index in [4.69, 9.17) is 4.42 Å². The average molecular weight is 366 g/mol. The Kier molecular flexibility index (Phi) is 5.80. The maximum Gasteiger partial charge on any atom is 0.320 e. The number of halogens is 1. The zero-order valence-corrected chi connectivity index (χ0v) is 14.3. The van der Waals surface area contributed by atoms with E-state index >= 15 is 0 Å². The summed E-state index contributed by atoms with van der Waals surface area (Å²) in [7, 11) is 0. The lowest BCUT2D eigenvalue weighted by molar-refractivity contribution is -0.140. The Morgan fingerprint density at radius 2 is 2.09 bits per heavy atom. The molecule has 0 fully saturated rings. The molecule has 0 aliphatic heterocycles. The third kappa shape index (κ3) is 4.71. The van der Waals surface area contributed by atoms with Gasteiger partial charge in [0.1, 0.15) is 17.6 Å². The predicted octanol–water partition coefficient (Wildman–Crippen LogP) is 4.30. The molecule has 1 aromatic carbocycles. The van der Waals surface area contributed by atoms with E-state index in [0.29, 0.717) is 18.9 Å². The Hall–Kier alpha value is -1.59. The molecule has 1 heterocycles. The van der Waals surface area contributed by atoms with Gasteiger partial charge in [-0.3, -0.25) is 10.1 Å². The van der Waals surface area contributed by atoms with E-state index in [1.54, 1.807) is 0 Å². The molecule has 0 aliphatic carbocycles. The third-order valence-electron chi connectivity index (χ3n) is 3.30. The molecule has 5 heteroatoms. The van der Waals surface area contributed by atoms with E-state index in [1.807, 2.05) is 50.2 Å². The fourth-order valence-corrected chi connectivity index (χ4v) is 2.64. The van der Waals surface area contributed by atoms with Crippen molar-refractivity contribution in [3.8, 4) is 11.3 Å². The highest BCUT2D eigenvalue weighted by atomic mass is 79.9. The van der Waals surface area contributed by atoms with E-state index < -0.39 is 12.0 Å². The standard InChI is InChI=1S/C17H20BrNO3/c1-11(2)8-15(17(20)21)19-10-14-6-7-16(22-14)12-4-3-5-13(18)9-12/h3-7,9,11,15,19H,8,10H2,1-2H3,(H,20,21). The first-order chi connectivity index (χ1) is 10.5. The topological polar surface area (TPSA) is 62.5 Å². The van der Waals surface area contributed by atoms with E-state index in [9.17, 15) is 9.90 Å². The number of carboxylic acids is 1. The molecule has 2 aromatic rings. The van der Waals surface area contributed by atoms with Crippen LogP contribution in [-0.2, 0) is 11.3 Å². The number of benzene rings is 1. The highest BCUT2D eigenvalue weighted by Crippen LogP contribution is 2.25. The van der Waals surface area contributed by atoms with Crippen molar-refractivity contribution in [1.29, 1.82) is 0 Å². The van der Waals surface area contributed by atoms with Gasteiger partial charge in [0.2, 0.25) is 0 Å². The van der Waals surface area contributed by atoms with Crippen LogP contribution in [0.2, 0.25) is 0 Å². The first-order valence-corrected chi connectivity index (χ1v) is 8.06. The van der Waals surface area contributed by atoms with Crippen molar-refractivity contribution >= 4 is 21.9 Å². The molecular formula is C17H20BrNO3. The quantitative estimate of drug-likeness (QED) is 0.767. The zero-order chi connectivity index (χ0) is 16.1. The molecule has 0 aliphatic rings. The van der Waals surface area contributed by atoms with Gasteiger partial charge in [-0.25, -0.2) is 0 Å². The Bertz CT molecular complexity index is 636. The lowest BCUT2D eigenvalue weighted by Crippen LogP contribution is -2.37. The van der Waals surface area contributed by atoms with Crippen LogP contribution in [0.4, 0.5) is 0 Å². The van der Waals surface area contributed by atoms with Gasteiger partial charge in [0.05, 0.1) is 6.54 Å². The summed E-state index contributed by atoms with van der Waals surface area (Å²) in [5.41, 5.74) is 0.984. The van der Waals surface area contributed by atoms with Gasteiger partial charge in [-0.1, -0.05) is 41.9 Å². The molecule has 1 unspecified atom stereocenters. The van der Waals surface area contributed by atoms with Gasteiger partial charge in [0.15, 0.2) is 0 Å². The van der Waals surface area contributed by atoms with Crippen LogP contribution in [0, 0.1) is 5.92 Å². The lowest BCUT2D eigenvalue weighted by atomic mass is 10.0. The molecule has 2 rings (SSSR count). The molecule has 0 bridgehead atoms. The van der Waals surface area contributed by atoms with E-state index in [1.165, 1.54) is 0 Å². The van der Waals surface area contributed by atoms with Crippen molar-refractivity contribution < 1.29 is 14.3 Å². The second kappa shape index (κ2) is 7.61. The van der Waals surface area contributed by atoms with Crippen LogP contribution in [0.3, 0.4) is 0 Å². The molecule has 0 amide bonds. The van der Waals surface area contributed by atoms with E-state index in [-0.39, 0.29) is 0 Å². The number of hydrogen-bond donors (Lipinski definition) is 2. The molecule has 4 nitrogen and oxygen atoms in total. The fourth-order valence-electron chi connectivity index (χ4n) is 2.24. The number of rotatable bonds is 7. The van der Waals surface area contributed by atoms with E-state index in [2.05, 4.69) is 21.2 Å². The van der Waals surface area contributed by atoms with E-state index in [0.717, 1.165) is 21.6 Å². The number of carbonyl (C=O) groups is 1. The summed E-state index contributed by atoms with van der Waals surface area (Å²) in [4.78, 5) is 11.2. The van der Waals surface area contributed by atoms with Crippen molar-refractivity contribution in [2.45, 2.75) is 32.9 Å². The van der Waals surface area contributed by atoms with Gasteiger partial charge >= 0.3 is 5.97 Å². The predicted molar refractivity (Wildman–Crippen MR) is 89.6 cm³/mol. The molecule has 1 atom stereocenters. The molecule has 1 aromatic heterocycles. The van der Waals surface area contributed by atoms with Gasteiger partial charge in [0, 0.05) is 10.0 Å². The molecule has 0 saturated carbocycles. The first-order valence-electron chi connectivity index (χ1n) is 7.26. The van der Waals surface area contributed by atoms with Crippen molar-refractivity contribution in [2.24, 2.45) is 5.92 Å². The fraction of sp³-hybridized carbons (Fsp3) is 0.353. The van der Waals surface area contributed by atoms with Crippen LogP contribution in [-0.4, -0.2) is 17.1 Å². The third-order valence-corrected chi connectivity index (χ3v) is 3.79. The summed E-state index contributed by atoms with van der Waals surface area (Å²) in [5, 5.41) is 12.3. The van der Waals surface area contributed by atoms with Gasteiger partial charge in [0.25, 0.3) is 0 Å². The van der Waals surface area contributed by atoms with Crippen molar-refractivity contribution in [1.82, 2.24) is 5.32 Å². The summed E-state index contributed by atoms with van der Waals surface area (Å²) in [5.74, 6) is 0.994. The summed E-state index contributed by atoms with van der Waals surface area (Å²) in [6.07, 6.45) is 0.592. The minimum absolute atomic E-state index is 0.322. The van der Waals surface area contributed by atoms with Gasteiger partial charge in [-0.15, -0.1) is 0 Å². The SMILES string of the molecule is CC(C)CC(NCc1ccc(-c2cccc(Br)c2)o1)C(=O)O. The average Bonchev–Trinajstić information content (AvgIpc) is 2.91. The highest BCUT2D eigenvalue weighted by molar-refractivity contribution is 9.10. The highest BCUT2D eigenvalue weighted by Gasteiger charge is 2.18. The maximum atomic E-state index is 11.2. The minimum atomic E-state index is -0.826. The van der Waals surface area contributed by atoms with Crippen LogP contribution in [0.25, 0.3) is 11.3 Å². The number of carboxylic acid groups (broad SMARTS) is 1. The summed E-state index contributed by atoms with van der Waals surface area (Å²) in [6, 6.07) is 11.1. The van der Waals surface area contributed by atoms with Crippen LogP contribution >= 0.6 is 15.9 Å². The maximum absolute atomic E-state index is 11.2. The molecule has 2 N–H and O–H groups in total. The van der Waals surface area contributed by atoms with Crippen LogP contribution in [0.15, 0.2) is 45.3 Å². The van der Waals surface area contributed by atoms with Crippen molar-refractivity contribution in [2.75, 3.05) is 0 Å². The number of hydrogen-bond acceptors (Lipinski definition) is 3. The number of aliphatic carboxylic acids is 1. The lowest BCUT2D eigenvalue weighted by Gasteiger charge is -2.15. The Labute approximate surface area is 138 Å². The molecule has 22 heavy (non-hydrogen) atoms. The van der Waals surface area contributed by atoms with Crippen LogP contribution in [0.1, 0.15) is 26.0 Å². The minimum Gasteiger partial charge on any atom is -0.480 e. The Balaban J connectivity index is 2.01. The summed E-state index contributed by atoms with van der Waals surface area (Å²) < 4.78 is 6.77. The second-order valence-corrected chi connectivity index (χ2v) is 6.59. The van der Waals surface area contributed by atoms with Gasteiger partial charge < -0.3 is 9.52 Å². The number of furan rings is 1. The molecular weight excluding hydrogens is 346 g/mol. The van der Waals surface area contributed by atoms with Gasteiger partial charge in [-0.05, 0) is 36.6 Å². The normalized spacial score (nSPS) is 12.5. The first kappa shape index (κ1) is 16.8.